The first-order valence-corrected chi connectivity index (χ1v) is 8.26. The van der Waals surface area contributed by atoms with Crippen molar-refractivity contribution < 1.29 is 17.9 Å². The Labute approximate surface area is 122 Å². The number of halogens is 1. The van der Waals surface area contributed by atoms with Crippen molar-refractivity contribution in [2.24, 2.45) is 11.3 Å². The normalized spacial score (nSPS) is 13.2. The van der Waals surface area contributed by atoms with Gasteiger partial charge < -0.3 is 9.52 Å². The molecule has 0 fully saturated rings. The number of hydrogen-bond donors (Lipinski definition) is 2. The SMILES string of the molecule is CC(C)C(C)(C)CNS(=O)(=O)c1cc(CO)oc1Br. The Morgan fingerprint density at radius 3 is 2.47 bits per heavy atom. The lowest BCUT2D eigenvalue weighted by Gasteiger charge is -2.29. The molecule has 0 aliphatic carbocycles. The van der Waals surface area contributed by atoms with E-state index in [2.05, 4.69) is 20.7 Å². The Hall–Kier alpha value is -0.370. The summed E-state index contributed by atoms with van der Waals surface area (Å²) in [4.78, 5) is 0.0103. The molecule has 0 spiro atoms. The zero-order valence-electron chi connectivity index (χ0n) is 11.5. The highest BCUT2D eigenvalue weighted by molar-refractivity contribution is 9.10. The van der Waals surface area contributed by atoms with E-state index in [1.54, 1.807) is 0 Å². The maximum Gasteiger partial charge on any atom is 0.244 e. The molecule has 0 atom stereocenters. The van der Waals surface area contributed by atoms with Crippen LogP contribution in [0.4, 0.5) is 0 Å². The van der Waals surface area contributed by atoms with Crippen LogP contribution in [0.1, 0.15) is 33.5 Å². The van der Waals surface area contributed by atoms with Crippen LogP contribution in [0.3, 0.4) is 0 Å². The second-order valence-corrected chi connectivity index (χ2v) is 7.93. The predicted octanol–water partition coefficient (Wildman–Crippen LogP) is 2.49. The van der Waals surface area contributed by atoms with Crippen LogP contribution in [-0.2, 0) is 16.6 Å². The number of aliphatic hydroxyl groups excluding tert-OH is 1. The van der Waals surface area contributed by atoms with Crippen molar-refractivity contribution in [3.05, 3.63) is 16.5 Å². The minimum Gasteiger partial charge on any atom is -0.450 e. The van der Waals surface area contributed by atoms with E-state index in [4.69, 9.17) is 9.52 Å². The molecule has 0 bridgehead atoms. The Morgan fingerprint density at radius 2 is 2.05 bits per heavy atom. The molecule has 0 radical (unpaired) electrons. The summed E-state index contributed by atoms with van der Waals surface area (Å²) >= 11 is 3.05. The van der Waals surface area contributed by atoms with Gasteiger partial charge in [0.1, 0.15) is 17.3 Å². The molecule has 0 unspecified atom stereocenters. The molecule has 0 amide bonds. The molecule has 1 heterocycles. The second-order valence-electron chi connectivity index (χ2n) is 5.48. The minimum atomic E-state index is -3.65. The summed E-state index contributed by atoms with van der Waals surface area (Å²) in [6, 6.07) is 1.31. The molecule has 1 aromatic heterocycles. The Bertz CT molecular complexity index is 534. The fourth-order valence-corrected chi connectivity index (χ4v) is 3.44. The van der Waals surface area contributed by atoms with Gasteiger partial charge in [-0.25, -0.2) is 13.1 Å². The van der Waals surface area contributed by atoms with Gasteiger partial charge in [0.2, 0.25) is 10.0 Å². The molecular formula is C12H20BrNO4S. The van der Waals surface area contributed by atoms with Gasteiger partial charge in [0.05, 0.1) is 0 Å². The standard InChI is InChI=1S/C12H20BrNO4S/c1-8(2)12(3,4)7-14-19(16,17)10-5-9(6-15)18-11(10)13/h5,8,14-15H,6-7H2,1-4H3. The third kappa shape index (κ3) is 4.05. The monoisotopic (exact) mass is 353 g/mol. The molecule has 2 N–H and O–H groups in total. The first-order chi connectivity index (χ1) is 8.60. The molecule has 0 aromatic carbocycles. The Kier molecular flexibility index (Phi) is 5.22. The van der Waals surface area contributed by atoms with E-state index in [9.17, 15) is 8.42 Å². The van der Waals surface area contributed by atoms with Crippen molar-refractivity contribution in [3.63, 3.8) is 0 Å². The molecule has 0 saturated carbocycles. The van der Waals surface area contributed by atoms with Crippen molar-refractivity contribution in [2.75, 3.05) is 6.54 Å². The summed E-state index contributed by atoms with van der Waals surface area (Å²) in [5, 5.41) is 8.94. The number of nitrogens with one attached hydrogen (secondary N) is 1. The van der Waals surface area contributed by atoms with Crippen LogP contribution < -0.4 is 4.72 Å². The Morgan fingerprint density at radius 1 is 1.47 bits per heavy atom. The largest absolute Gasteiger partial charge is 0.450 e. The first kappa shape index (κ1) is 16.7. The van der Waals surface area contributed by atoms with Crippen molar-refractivity contribution in [1.29, 1.82) is 0 Å². The third-order valence-corrected chi connectivity index (χ3v) is 5.69. The van der Waals surface area contributed by atoms with Gasteiger partial charge in [-0.15, -0.1) is 0 Å². The van der Waals surface area contributed by atoms with Crippen LogP contribution in [0.2, 0.25) is 0 Å². The summed E-state index contributed by atoms with van der Waals surface area (Å²) in [5.41, 5.74) is -0.150. The van der Waals surface area contributed by atoms with Gasteiger partial charge in [0, 0.05) is 12.6 Å². The lowest BCUT2D eigenvalue weighted by molar-refractivity contribution is 0.245. The summed E-state index contributed by atoms with van der Waals surface area (Å²) in [6.45, 7) is 8.09. The van der Waals surface area contributed by atoms with Crippen molar-refractivity contribution in [2.45, 2.75) is 39.2 Å². The van der Waals surface area contributed by atoms with Crippen LogP contribution in [-0.4, -0.2) is 20.1 Å². The molecule has 0 aliphatic heterocycles. The number of rotatable bonds is 6. The molecule has 5 nitrogen and oxygen atoms in total. The lowest BCUT2D eigenvalue weighted by atomic mass is 9.81. The van der Waals surface area contributed by atoms with Gasteiger partial charge in [-0.1, -0.05) is 27.7 Å². The number of hydrogen-bond acceptors (Lipinski definition) is 4. The molecule has 0 aliphatic rings. The average molecular weight is 354 g/mol. The van der Waals surface area contributed by atoms with Gasteiger partial charge in [-0.05, 0) is 27.3 Å². The zero-order valence-corrected chi connectivity index (χ0v) is 13.9. The van der Waals surface area contributed by atoms with E-state index in [1.807, 2.05) is 27.7 Å². The van der Waals surface area contributed by atoms with E-state index in [0.29, 0.717) is 12.5 Å². The summed E-state index contributed by atoms with van der Waals surface area (Å²) in [7, 11) is -3.65. The van der Waals surface area contributed by atoms with Gasteiger partial charge in [0.15, 0.2) is 4.67 Å². The summed E-state index contributed by atoms with van der Waals surface area (Å²) < 4.78 is 32.1. The smallest absolute Gasteiger partial charge is 0.244 e. The second kappa shape index (κ2) is 5.95. The lowest BCUT2D eigenvalue weighted by Crippen LogP contribution is -2.36. The molecule has 1 rings (SSSR count). The zero-order chi connectivity index (χ0) is 14.8. The molecule has 7 heteroatoms. The highest BCUT2D eigenvalue weighted by atomic mass is 79.9. The van der Waals surface area contributed by atoms with Gasteiger partial charge in [-0.2, -0.15) is 0 Å². The fourth-order valence-electron chi connectivity index (χ4n) is 1.22. The molecule has 19 heavy (non-hydrogen) atoms. The molecular weight excluding hydrogens is 334 g/mol. The van der Waals surface area contributed by atoms with E-state index in [0.717, 1.165) is 0 Å². The maximum atomic E-state index is 12.2. The summed E-state index contributed by atoms with van der Waals surface area (Å²) in [6.07, 6.45) is 0. The number of furan rings is 1. The van der Waals surface area contributed by atoms with Crippen molar-refractivity contribution in [3.8, 4) is 0 Å². The molecule has 0 saturated heterocycles. The quantitative estimate of drug-likeness (QED) is 0.823. The number of sulfonamides is 1. The van der Waals surface area contributed by atoms with Crippen LogP contribution in [0, 0.1) is 11.3 Å². The van der Waals surface area contributed by atoms with Crippen LogP contribution in [0.25, 0.3) is 0 Å². The van der Waals surface area contributed by atoms with E-state index < -0.39 is 10.0 Å². The predicted molar refractivity (Wildman–Crippen MR) is 76.1 cm³/mol. The van der Waals surface area contributed by atoms with E-state index in [1.165, 1.54) is 6.07 Å². The topological polar surface area (TPSA) is 79.5 Å². The molecule has 1 aromatic rings. The van der Waals surface area contributed by atoms with Crippen LogP contribution in [0.5, 0.6) is 0 Å². The van der Waals surface area contributed by atoms with Gasteiger partial charge >= 0.3 is 0 Å². The van der Waals surface area contributed by atoms with Crippen molar-refractivity contribution >= 4 is 26.0 Å². The van der Waals surface area contributed by atoms with Crippen LogP contribution in [0.15, 0.2) is 20.0 Å². The third-order valence-electron chi connectivity index (χ3n) is 3.43. The minimum absolute atomic E-state index is 0.0103. The van der Waals surface area contributed by atoms with E-state index >= 15 is 0 Å². The highest BCUT2D eigenvalue weighted by Crippen LogP contribution is 2.28. The molecule has 110 valence electrons. The van der Waals surface area contributed by atoms with Gasteiger partial charge in [0.25, 0.3) is 0 Å². The maximum absolute atomic E-state index is 12.2. The number of aliphatic hydroxyl groups is 1. The summed E-state index contributed by atoms with van der Waals surface area (Å²) in [5.74, 6) is 0.548. The van der Waals surface area contributed by atoms with E-state index in [-0.39, 0.29) is 27.3 Å². The average Bonchev–Trinajstić information content (AvgIpc) is 2.69. The Balaban J connectivity index is 2.90. The first-order valence-electron chi connectivity index (χ1n) is 5.99. The fraction of sp³-hybridized carbons (Fsp3) is 0.667. The highest BCUT2D eigenvalue weighted by Gasteiger charge is 2.27. The van der Waals surface area contributed by atoms with Crippen LogP contribution >= 0.6 is 15.9 Å². The van der Waals surface area contributed by atoms with Gasteiger partial charge in [-0.3, -0.25) is 0 Å². The van der Waals surface area contributed by atoms with Crippen molar-refractivity contribution in [1.82, 2.24) is 4.72 Å².